The van der Waals surface area contributed by atoms with Crippen LogP contribution in [0.1, 0.15) is 40.9 Å². The maximum atomic E-state index is 12.5. The third-order valence-electron chi connectivity index (χ3n) is 5.56. The summed E-state index contributed by atoms with van der Waals surface area (Å²) < 4.78 is 17.2. The number of amides is 1. The molecular weight excluding hydrogens is 344 g/mol. The number of carbonyl (C=O) groups is 1. The molecule has 2 fully saturated rings. The molecule has 4 heterocycles. The van der Waals surface area contributed by atoms with Crippen molar-refractivity contribution in [2.75, 3.05) is 26.3 Å². The van der Waals surface area contributed by atoms with Gasteiger partial charge < -0.3 is 18.8 Å². The smallest absolute Gasteiger partial charge is 0.290 e. The number of rotatable bonds is 6. The summed E-state index contributed by atoms with van der Waals surface area (Å²) in [6.07, 6.45) is 8.25. The third-order valence-corrected chi connectivity index (χ3v) is 5.56. The van der Waals surface area contributed by atoms with Crippen molar-refractivity contribution in [1.82, 2.24) is 9.88 Å². The van der Waals surface area contributed by atoms with E-state index in [-0.39, 0.29) is 11.5 Å². The van der Waals surface area contributed by atoms with Gasteiger partial charge in [0.05, 0.1) is 26.0 Å². The fourth-order valence-corrected chi connectivity index (χ4v) is 4.05. The second-order valence-electron chi connectivity index (χ2n) is 7.69. The molecule has 0 bridgehead atoms. The van der Waals surface area contributed by atoms with Crippen molar-refractivity contribution in [3.63, 3.8) is 0 Å². The van der Waals surface area contributed by atoms with Crippen LogP contribution in [0.3, 0.4) is 0 Å². The Morgan fingerprint density at radius 2 is 2.30 bits per heavy atom. The van der Waals surface area contributed by atoms with Crippen LogP contribution in [0.2, 0.25) is 0 Å². The van der Waals surface area contributed by atoms with Gasteiger partial charge in [0, 0.05) is 31.2 Å². The van der Waals surface area contributed by atoms with Crippen molar-refractivity contribution in [3.8, 4) is 0 Å². The largest absolute Gasteiger partial charge is 0.459 e. The molecule has 0 unspecified atom stereocenters. The molecule has 1 amide bonds. The van der Waals surface area contributed by atoms with E-state index >= 15 is 0 Å². The molecule has 2 saturated heterocycles. The minimum atomic E-state index is -0.178. The summed E-state index contributed by atoms with van der Waals surface area (Å²) in [7, 11) is 0. The van der Waals surface area contributed by atoms with Crippen LogP contribution in [0.15, 0.2) is 41.3 Å². The molecule has 2 aliphatic rings. The Bertz CT molecular complexity index is 767. The minimum Gasteiger partial charge on any atom is -0.459 e. The molecule has 27 heavy (non-hydrogen) atoms. The van der Waals surface area contributed by atoms with Gasteiger partial charge >= 0.3 is 0 Å². The highest BCUT2D eigenvalue weighted by Gasteiger charge is 2.49. The fraction of sp³-hybridized carbons (Fsp3) is 0.524. The maximum absolute atomic E-state index is 12.5. The number of hydrogen-bond acceptors (Lipinski definition) is 5. The molecule has 6 heteroatoms. The average molecular weight is 370 g/mol. The Kier molecular flexibility index (Phi) is 5.27. The van der Waals surface area contributed by atoms with E-state index in [0.717, 1.165) is 43.6 Å². The van der Waals surface area contributed by atoms with Crippen LogP contribution in [0.25, 0.3) is 0 Å². The van der Waals surface area contributed by atoms with Gasteiger partial charge in [0.2, 0.25) is 0 Å². The number of nitrogens with zero attached hydrogens (tertiary/aromatic N) is 2. The molecule has 1 atom stereocenters. The van der Waals surface area contributed by atoms with Crippen LogP contribution in [0, 0.1) is 12.8 Å². The zero-order chi connectivity index (χ0) is 18.7. The van der Waals surface area contributed by atoms with E-state index in [1.165, 1.54) is 0 Å². The van der Waals surface area contributed by atoms with E-state index in [4.69, 9.17) is 13.9 Å². The van der Waals surface area contributed by atoms with Crippen LogP contribution >= 0.6 is 0 Å². The van der Waals surface area contributed by atoms with Gasteiger partial charge in [0.15, 0.2) is 5.76 Å². The number of aromatic nitrogens is 1. The van der Waals surface area contributed by atoms with Crippen LogP contribution < -0.4 is 0 Å². The number of ether oxygens (including phenoxy) is 2. The highest BCUT2D eigenvalue weighted by atomic mass is 16.5. The second-order valence-corrected chi connectivity index (χ2v) is 7.69. The fourth-order valence-electron chi connectivity index (χ4n) is 4.05. The first-order chi connectivity index (χ1) is 13.2. The first kappa shape index (κ1) is 18.2. The van der Waals surface area contributed by atoms with Crippen LogP contribution in [-0.4, -0.2) is 47.7 Å². The molecule has 0 aromatic carbocycles. The summed E-state index contributed by atoms with van der Waals surface area (Å²) in [5.74, 6) is 0.991. The molecule has 0 radical (unpaired) electrons. The molecule has 1 spiro atoms. The zero-order valence-electron chi connectivity index (χ0n) is 15.7. The van der Waals surface area contributed by atoms with E-state index in [2.05, 4.69) is 4.98 Å². The van der Waals surface area contributed by atoms with Gasteiger partial charge in [0.1, 0.15) is 5.60 Å². The lowest BCUT2D eigenvalue weighted by atomic mass is 9.79. The number of aryl methyl sites for hydroxylation is 1. The third kappa shape index (κ3) is 4.06. The number of pyridine rings is 1. The van der Waals surface area contributed by atoms with Crippen molar-refractivity contribution >= 4 is 5.91 Å². The van der Waals surface area contributed by atoms with E-state index in [1.54, 1.807) is 12.5 Å². The van der Waals surface area contributed by atoms with Crippen LogP contribution in [0.4, 0.5) is 0 Å². The van der Waals surface area contributed by atoms with Crippen LogP contribution in [-0.2, 0) is 16.1 Å². The van der Waals surface area contributed by atoms with Gasteiger partial charge in [-0.3, -0.25) is 9.78 Å². The molecule has 2 aromatic rings. The standard InChI is InChI=1S/C21H26N2O4/c1-16-4-9-26-19(16)20(24)23-14-21(15-23)11-17(6-10-27-21)5-8-25-13-18-3-2-7-22-12-18/h2-4,7,9,12,17H,5-6,8,10-11,13-15H2,1H3/t17-/m0/s1. The highest BCUT2D eigenvalue weighted by Crippen LogP contribution is 2.38. The Balaban J connectivity index is 1.22. The summed E-state index contributed by atoms with van der Waals surface area (Å²) >= 11 is 0. The van der Waals surface area contributed by atoms with E-state index in [0.29, 0.717) is 31.4 Å². The number of furan rings is 1. The summed E-state index contributed by atoms with van der Waals surface area (Å²) in [6.45, 7) is 5.30. The van der Waals surface area contributed by atoms with Crippen molar-refractivity contribution in [3.05, 3.63) is 53.7 Å². The monoisotopic (exact) mass is 370 g/mol. The second kappa shape index (κ2) is 7.82. The normalized spacial score (nSPS) is 21.2. The predicted molar refractivity (Wildman–Crippen MR) is 99.3 cm³/mol. The number of hydrogen-bond donors (Lipinski definition) is 0. The molecule has 0 aliphatic carbocycles. The SMILES string of the molecule is Cc1ccoc1C(=O)N1CC2(C[C@@H](CCOCc3cccnc3)CCO2)C1. The Morgan fingerprint density at radius 1 is 1.41 bits per heavy atom. The first-order valence-corrected chi connectivity index (χ1v) is 9.59. The van der Waals surface area contributed by atoms with Crippen molar-refractivity contribution in [2.45, 2.75) is 38.4 Å². The number of carbonyl (C=O) groups excluding carboxylic acids is 1. The predicted octanol–water partition coefficient (Wildman–Crippen LogP) is 3.21. The van der Waals surface area contributed by atoms with Crippen molar-refractivity contribution in [1.29, 1.82) is 0 Å². The quantitative estimate of drug-likeness (QED) is 0.731. The van der Waals surface area contributed by atoms with E-state index < -0.39 is 0 Å². The van der Waals surface area contributed by atoms with Gasteiger partial charge in [-0.25, -0.2) is 0 Å². The molecule has 4 rings (SSSR count). The summed E-state index contributed by atoms with van der Waals surface area (Å²) in [5.41, 5.74) is 1.80. The lowest BCUT2D eigenvalue weighted by Gasteiger charge is -2.53. The molecule has 0 saturated carbocycles. The molecular formula is C21H26N2O4. The molecule has 144 valence electrons. The topological polar surface area (TPSA) is 64.8 Å². The molecule has 6 nitrogen and oxygen atoms in total. The summed E-state index contributed by atoms with van der Waals surface area (Å²) in [4.78, 5) is 18.4. The first-order valence-electron chi connectivity index (χ1n) is 9.59. The van der Waals surface area contributed by atoms with Gasteiger partial charge in [-0.05, 0) is 49.8 Å². The Labute approximate surface area is 159 Å². The van der Waals surface area contributed by atoms with E-state index in [9.17, 15) is 4.79 Å². The van der Waals surface area contributed by atoms with Gasteiger partial charge in [0.25, 0.3) is 5.91 Å². The average Bonchev–Trinajstić information content (AvgIpc) is 3.10. The van der Waals surface area contributed by atoms with E-state index in [1.807, 2.05) is 36.2 Å². The van der Waals surface area contributed by atoms with Gasteiger partial charge in [-0.15, -0.1) is 0 Å². The van der Waals surface area contributed by atoms with Gasteiger partial charge in [-0.2, -0.15) is 0 Å². The number of likely N-dealkylation sites (tertiary alicyclic amines) is 1. The maximum Gasteiger partial charge on any atom is 0.290 e. The van der Waals surface area contributed by atoms with Crippen molar-refractivity contribution in [2.24, 2.45) is 5.92 Å². The van der Waals surface area contributed by atoms with Crippen LogP contribution in [0.5, 0.6) is 0 Å². The lowest BCUT2D eigenvalue weighted by molar-refractivity contribution is -0.167. The van der Waals surface area contributed by atoms with Crippen molar-refractivity contribution < 1.29 is 18.7 Å². The summed E-state index contributed by atoms with van der Waals surface area (Å²) in [6, 6.07) is 5.77. The zero-order valence-corrected chi connectivity index (χ0v) is 15.7. The van der Waals surface area contributed by atoms with Gasteiger partial charge in [-0.1, -0.05) is 6.07 Å². The lowest BCUT2D eigenvalue weighted by Crippen LogP contribution is -2.66. The summed E-state index contributed by atoms with van der Waals surface area (Å²) in [5, 5.41) is 0. The molecule has 0 N–H and O–H groups in total. The highest BCUT2D eigenvalue weighted by molar-refractivity contribution is 5.93. The Morgan fingerprint density at radius 3 is 3.04 bits per heavy atom. The molecule has 2 aromatic heterocycles. The minimum absolute atomic E-state index is 0.0337. The molecule has 2 aliphatic heterocycles. The Hall–Kier alpha value is -2.18.